The molecule has 126 valence electrons. The molecular weight excluding hydrogens is 330 g/mol. The molecule has 0 unspecified atom stereocenters. The van der Waals surface area contributed by atoms with Gasteiger partial charge in [-0.05, 0) is 30.2 Å². The zero-order valence-corrected chi connectivity index (χ0v) is 14.1. The van der Waals surface area contributed by atoms with Gasteiger partial charge in [0.15, 0.2) is 5.78 Å². The van der Waals surface area contributed by atoms with Crippen molar-refractivity contribution in [2.24, 2.45) is 0 Å². The number of ketones is 1. The van der Waals surface area contributed by atoms with Gasteiger partial charge in [0.25, 0.3) is 0 Å². The molecule has 0 fully saturated rings. The van der Waals surface area contributed by atoms with Gasteiger partial charge in [-0.25, -0.2) is 8.42 Å². The van der Waals surface area contributed by atoms with Crippen molar-refractivity contribution in [2.75, 3.05) is 17.1 Å². The summed E-state index contributed by atoms with van der Waals surface area (Å²) in [5, 5.41) is 8.88. The van der Waals surface area contributed by atoms with Gasteiger partial charge in [0.1, 0.15) is 6.54 Å². The number of carboxylic acid groups (broad SMARTS) is 1. The van der Waals surface area contributed by atoms with E-state index in [1.54, 1.807) is 48.5 Å². The molecule has 2 aromatic rings. The van der Waals surface area contributed by atoms with Crippen molar-refractivity contribution in [3.63, 3.8) is 0 Å². The topological polar surface area (TPSA) is 91.8 Å². The van der Waals surface area contributed by atoms with Gasteiger partial charge in [-0.3, -0.25) is 13.9 Å². The first-order valence-corrected chi connectivity index (χ1v) is 8.94. The minimum Gasteiger partial charge on any atom is -0.480 e. The molecule has 0 spiro atoms. The Morgan fingerprint density at radius 3 is 1.79 bits per heavy atom. The van der Waals surface area contributed by atoms with Crippen LogP contribution in [0.25, 0.3) is 11.1 Å². The Bertz CT molecular complexity index is 855. The van der Waals surface area contributed by atoms with Crippen molar-refractivity contribution in [1.82, 2.24) is 0 Å². The van der Waals surface area contributed by atoms with E-state index < -0.39 is 22.5 Å². The molecule has 0 heterocycles. The summed E-state index contributed by atoms with van der Waals surface area (Å²) in [6, 6.07) is 13.6. The summed E-state index contributed by atoms with van der Waals surface area (Å²) in [6.45, 7) is 0.859. The molecule has 0 aromatic heterocycles. The number of carbonyl (C=O) groups is 2. The maximum atomic E-state index is 11.8. The molecule has 2 aromatic carbocycles. The van der Waals surface area contributed by atoms with E-state index in [2.05, 4.69) is 0 Å². The van der Waals surface area contributed by atoms with Crippen LogP contribution in [0.15, 0.2) is 48.5 Å². The summed E-state index contributed by atoms with van der Waals surface area (Å²) in [7, 11) is -3.69. The highest BCUT2D eigenvalue weighted by Crippen LogP contribution is 2.25. The van der Waals surface area contributed by atoms with Crippen molar-refractivity contribution in [2.45, 2.75) is 6.92 Å². The average molecular weight is 347 g/mol. The molecule has 24 heavy (non-hydrogen) atoms. The summed E-state index contributed by atoms with van der Waals surface area (Å²) in [5.41, 5.74) is 2.59. The third-order valence-corrected chi connectivity index (χ3v) is 4.60. The predicted molar refractivity (Wildman–Crippen MR) is 91.7 cm³/mol. The number of benzene rings is 2. The summed E-state index contributed by atoms with van der Waals surface area (Å²) in [6.07, 6.45) is 0.963. The number of rotatable bonds is 6. The second kappa shape index (κ2) is 6.84. The average Bonchev–Trinajstić information content (AvgIpc) is 2.52. The van der Waals surface area contributed by atoms with Crippen LogP contribution < -0.4 is 4.31 Å². The molecule has 0 aliphatic carbocycles. The van der Waals surface area contributed by atoms with Gasteiger partial charge in [0.05, 0.1) is 11.9 Å². The lowest BCUT2D eigenvalue weighted by Gasteiger charge is -2.20. The van der Waals surface area contributed by atoms with E-state index in [-0.39, 0.29) is 11.5 Å². The van der Waals surface area contributed by atoms with E-state index in [9.17, 15) is 18.0 Å². The van der Waals surface area contributed by atoms with Crippen LogP contribution in [0, 0.1) is 0 Å². The Morgan fingerprint density at radius 2 is 1.42 bits per heavy atom. The summed E-state index contributed by atoms with van der Waals surface area (Å²) >= 11 is 0. The van der Waals surface area contributed by atoms with E-state index >= 15 is 0 Å². The molecule has 6 nitrogen and oxygen atoms in total. The summed E-state index contributed by atoms with van der Waals surface area (Å²) < 4.78 is 24.3. The van der Waals surface area contributed by atoms with Crippen molar-refractivity contribution in [3.8, 4) is 11.1 Å². The van der Waals surface area contributed by atoms with Crippen molar-refractivity contribution in [3.05, 3.63) is 54.1 Å². The van der Waals surface area contributed by atoms with E-state index in [1.165, 1.54) is 6.92 Å². The standard InChI is InChI=1S/C17H17NO5S/c1-12(19)13-3-5-14(6-4-13)15-7-9-16(10-8-15)18(11-17(20)21)24(2,22)23/h3-10H,11H2,1-2H3,(H,20,21). The van der Waals surface area contributed by atoms with Crippen LogP contribution in [0.2, 0.25) is 0 Å². The number of nitrogens with zero attached hydrogens (tertiary/aromatic N) is 1. The summed E-state index contributed by atoms with van der Waals surface area (Å²) in [5.74, 6) is -1.25. The number of carbonyl (C=O) groups excluding carboxylic acids is 1. The molecule has 0 aliphatic heterocycles. The predicted octanol–water partition coefficient (Wildman–Crippen LogP) is 2.41. The second-order valence-corrected chi connectivity index (χ2v) is 7.25. The minimum absolute atomic E-state index is 0.0191. The van der Waals surface area contributed by atoms with Gasteiger partial charge < -0.3 is 5.11 Å². The smallest absolute Gasteiger partial charge is 0.324 e. The molecule has 1 N–H and O–H groups in total. The normalized spacial score (nSPS) is 11.1. The lowest BCUT2D eigenvalue weighted by Crippen LogP contribution is -2.34. The number of aliphatic carboxylic acids is 1. The maximum Gasteiger partial charge on any atom is 0.324 e. The quantitative estimate of drug-likeness (QED) is 0.810. The van der Waals surface area contributed by atoms with Gasteiger partial charge in [0.2, 0.25) is 10.0 Å². The summed E-state index contributed by atoms with van der Waals surface area (Å²) in [4.78, 5) is 22.2. The molecule has 0 saturated heterocycles. The van der Waals surface area contributed by atoms with Crippen LogP contribution in [-0.4, -0.2) is 38.1 Å². The Morgan fingerprint density at radius 1 is 0.958 bits per heavy atom. The molecule has 0 saturated carbocycles. The highest BCUT2D eigenvalue weighted by atomic mass is 32.2. The van der Waals surface area contributed by atoms with Gasteiger partial charge >= 0.3 is 5.97 Å². The third-order valence-electron chi connectivity index (χ3n) is 3.46. The van der Waals surface area contributed by atoms with Crippen LogP contribution in [-0.2, 0) is 14.8 Å². The highest BCUT2D eigenvalue weighted by molar-refractivity contribution is 7.92. The first kappa shape index (κ1) is 17.7. The molecule has 0 amide bonds. The molecule has 0 atom stereocenters. The fourth-order valence-electron chi connectivity index (χ4n) is 2.24. The van der Waals surface area contributed by atoms with Crippen LogP contribution in [0.3, 0.4) is 0 Å². The Labute approximate surface area is 140 Å². The maximum absolute atomic E-state index is 11.8. The third kappa shape index (κ3) is 4.20. The van der Waals surface area contributed by atoms with Crippen LogP contribution in [0.5, 0.6) is 0 Å². The zero-order chi connectivity index (χ0) is 17.9. The molecular formula is C17H17NO5S. The van der Waals surface area contributed by atoms with Crippen LogP contribution in [0.4, 0.5) is 5.69 Å². The lowest BCUT2D eigenvalue weighted by atomic mass is 10.0. The molecule has 2 rings (SSSR count). The number of hydrogen-bond donors (Lipinski definition) is 1. The fraction of sp³-hybridized carbons (Fsp3) is 0.176. The fourth-order valence-corrected chi connectivity index (χ4v) is 3.09. The van der Waals surface area contributed by atoms with E-state index in [1.807, 2.05) is 0 Å². The number of anilines is 1. The van der Waals surface area contributed by atoms with Gasteiger partial charge in [-0.2, -0.15) is 0 Å². The second-order valence-electron chi connectivity index (χ2n) is 5.34. The lowest BCUT2D eigenvalue weighted by molar-refractivity contribution is -0.135. The van der Waals surface area contributed by atoms with E-state index in [0.717, 1.165) is 21.7 Å². The van der Waals surface area contributed by atoms with E-state index in [4.69, 9.17) is 5.11 Å². The number of hydrogen-bond acceptors (Lipinski definition) is 4. The van der Waals surface area contributed by atoms with Crippen molar-refractivity contribution in [1.29, 1.82) is 0 Å². The molecule has 0 bridgehead atoms. The van der Waals surface area contributed by atoms with Crippen LogP contribution in [0.1, 0.15) is 17.3 Å². The Kier molecular flexibility index (Phi) is 5.04. The van der Waals surface area contributed by atoms with Gasteiger partial charge in [0, 0.05) is 5.56 Å². The monoisotopic (exact) mass is 347 g/mol. The number of carboxylic acids is 1. The first-order valence-electron chi connectivity index (χ1n) is 7.09. The zero-order valence-electron chi connectivity index (χ0n) is 13.3. The van der Waals surface area contributed by atoms with Crippen molar-refractivity contribution >= 4 is 27.5 Å². The van der Waals surface area contributed by atoms with E-state index in [0.29, 0.717) is 5.56 Å². The van der Waals surface area contributed by atoms with Gasteiger partial charge in [-0.1, -0.05) is 36.4 Å². The first-order chi connectivity index (χ1) is 11.2. The number of sulfonamides is 1. The highest BCUT2D eigenvalue weighted by Gasteiger charge is 2.20. The molecule has 0 aliphatic rings. The van der Waals surface area contributed by atoms with Crippen molar-refractivity contribution < 1.29 is 23.1 Å². The molecule has 0 radical (unpaired) electrons. The number of Topliss-reactive ketones (excluding diaryl/α,β-unsaturated/α-hetero) is 1. The molecule has 7 heteroatoms. The Balaban J connectivity index is 2.32. The minimum atomic E-state index is -3.69. The Hall–Kier alpha value is -2.67. The largest absolute Gasteiger partial charge is 0.480 e. The SMILES string of the molecule is CC(=O)c1ccc(-c2ccc(N(CC(=O)O)S(C)(=O)=O)cc2)cc1. The van der Waals surface area contributed by atoms with Gasteiger partial charge in [-0.15, -0.1) is 0 Å². The van der Waals surface area contributed by atoms with Crippen LogP contribution >= 0.6 is 0 Å².